The van der Waals surface area contributed by atoms with Gasteiger partial charge in [-0.3, -0.25) is 4.79 Å². The molecule has 1 heterocycles. The SMILES string of the molecule is CCNc1ccc(C(=O)Nc2cc(Cl)ccc2Br)cn1. The van der Waals surface area contributed by atoms with Crippen molar-refractivity contribution in [1.82, 2.24) is 4.98 Å². The van der Waals surface area contributed by atoms with Gasteiger partial charge in [-0.25, -0.2) is 4.98 Å². The summed E-state index contributed by atoms with van der Waals surface area (Å²) in [5.74, 6) is 0.511. The van der Waals surface area contributed by atoms with Crippen molar-refractivity contribution in [2.75, 3.05) is 17.2 Å². The molecule has 2 N–H and O–H groups in total. The molecule has 104 valence electrons. The van der Waals surface area contributed by atoms with E-state index in [9.17, 15) is 4.79 Å². The molecular formula is C14H13BrClN3O. The van der Waals surface area contributed by atoms with Crippen LogP contribution in [0.25, 0.3) is 0 Å². The zero-order valence-electron chi connectivity index (χ0n) is 10.8. The van der Waals surface area contributed by atoms with Gasteiger partial charge in [0.2, 0.25) is 0 Å². The molecule has 6 heteroatoms. The lowest BCUT2D eigenvalue weighted by molar-refractivity contribution is 0.102. The highest BCUT2D eigenvalue weighted by Crippen LogP contribution is 2.26. The number of carbonyl (C=O) groups is 1. The Morgan fingerprint density at radius 3 is 2.80 bits per heavy atom. The van der Waals surface area contributed by atoms with Gasteiger partial charge in [0, 0.05) is 22.2 Å². The zero-order valence-corrected chi connectivity index (χ0v) is 13.1. The van der Waals surface area contributed by atoms with Crippen LogP contribution in [0.5, 0.6) is 0 Å². The van der Waals surface area contributed by atoms with E-state index in [4.69, 9.17) is 11.6 Å². The van der Waals surface area contributed by atoms with Crippen LogP contribution < -0.4 is 10.6 Å². The number of hydrogen-bond donors (Lipinski definition) is 2. The molecule has 1 amide bonds. The number of anilines is 2. The fraction of sp³-hybridized carbons (Fsp3) is 0.143. The number of hydrogen-bond acceptors (Lipinski definition) is 3. The van der Waals surface area contributed by atoms with Crippen molar-refractivity contribution in [3.63, 3.8) is 0 Å². The average molecular weight is 355 g/mol. The molecule has 0 atom stereocenters. The zero-order chi connectivity index (χ0) is 14.5. The molecule has 0 aliphatic heterocycles. The monoisotopic (exact) mass is 353 g/mol. The normalized spacial score (nSPS) is 10.2. The van der Waals surface area contributed by atoms with E-state index >= 15 is 0 Å². The minimum Gasteiger partial charge on any atom is -0.370 e. The summed E-state index contributed by atoms with van der Waals surface area (Å²) < 4.78 is 0.771. The molecule has 0 saturated carbocycles. The molecule has 0 unspecified atom stereocenters. The summed E-state index contributed by atoms with van der Waals surface area (Å²) in [7, 11) is 0. The smallest absolute Gasteiger partial charge is 0.257 e. The molecule has 0 saturated heterocycles. The van der Waals surface area contributed by atoms with Crippen molar-refractivity contribution < 1.29 is 4.79 Å². The lowest BCUT2D eigenvalue weighted by Gasteiger charge is -2.08. The Kier molecular flexibility index (Phi) is 4.98. The van der Waals surface area contributed by atoms with Gasteiger partial charge in [0.05, 0.1) is 11.3 Å². The first kappa shape index (κ1) is 14.8. The molecule has 2 aromatic rings. The van der Waals surface area contributed by atoms with Crippen LogP contribution in [0, 0.1) is 0 Å². The predicted molar refractivity (Wildman–Crippen MR) is 85.5 cm³/mol. The topological polar surface area (TPSA) is 54.0 Å². The quantitative estimate of drug-likeness (QED) is 0.866. The number of rotatable bonds is 4. The molecule has 20 heavy (non-hydrogen) atoms. The van der Waals surface area contributed by atoms with Gasteiger partial charge in [-0.2, -0.15) is 0 Å². The second-order valence-electron chi connectivity index (χ2n) is 4.04. The van der Waals surface area contributed by atoms with Crippen LogP contribution in [0.15, 0.2) is 41.0 Å². The third-order valence-electron chi connectivity index (χ3n) is 2.56. The Labute approximate surface area is 130 Å². The maximum absolute atomic E-state index is 12.1. The van der Waals surface area contributed by atoms with Crippen LogP contribution in [-0.2, 0) is 0 Å². The number of nitrogens with zero attached hydrogens (tertiary/aromatic N) is 1. The summed E-state index contributed by atoms with van der Waals surface area (Å²) in [6, 6.07) is 8.70. The fourth-order valence-corrected chi connectivity index (χ4v) is 2.12. The lowest BCUT2D eigenvalue weighted by atomic mass is 10.2. The van der Waals surface area contributed by atoms with Gasteiger partial charge in [-0.05, 0) is 53.2 Å². The van der Waals surface area contributed by atoms with Gasteiger partial charge in [0.25, 0.3) is 5.91 Å². The van der Waals surface area contributed by atoms with Gasteiger partial charge < -0.3 is 10.6 Å². The molecule has 0 fully saturated rings. The molecule has 1 aromatic heterocycles. The van der Waals surface area contributed by atoms with Crippen molar-refractivity contribution in [2.45, 2.75) is 6.92 Å². The van der Waals surface area contributed by atoms with E-state index in [0.29, 0.717) is 16.3 Å². The van der Waals surface area contributed by atoms with Crippen LogP contribution in [0.3, 0.4) is 0 Å². The number of aromatic nitrogens is 1. The number of amides is 1. The second-order valence-corrected chi connectivity index (χ2v) is 5.33. The van der Waals surface area contributed by atoms with Gasteiger partial charge in [0.1, 0.15) is 5.82 Å². The summed E-state index contributed by atoms with van der Waals surface area (Å²) in [5, 5.41) is 6.42. The van der Waals surface area contributed by atoms with Gasteiger partial charge >= 0.3 is 0 Å². The van der Waals surface area contributed by atoms with E-state index < -0.39 is 0 Å². The summed E-state index contributed by atoms with van der Waals surface area (Å²) >= 11 is 9.27. The molecule has 0 spiro atoms. The Morgan fingerprint density at radius 1 is 1.35 bits per heavy atom. The van der Waals surface area contributed by atoms with E-state index in [1.165, 1.54) is 6.20 Å². The maximum Gasteiger partial charge on any atom is 0.257 e. The van der Waals surface area contributed by atoms with Crippen molar-refractivity contribution >= 4 is 44.9 Å². The Hall–Kier alpha value is -1.59. The lowest BCUT2D eigenvalue weighted by Crippen LogP contribution is -2.13. The van der Waals surface area contributed by atoms with Gasteiger partial charge in [0.15, 0.2) is 0 Å². The number of halogens is 2. The highest BCUT2D eigenvalue weighted by Gasteiger charge is 2.09. The molecule has 1 aromatic carbocycles. The Bertz CT molecular complexity index is 616. The molecule has 0 radical (unpaired) electrons. The Balaban J connectivity index is 2.13. The molecule has 4 nitrogen and oxygen atoms in total. The number of pyridine rings is 1. The van der Waals surface area contributed by atoms with E-state index in [-0.39, 0.29) is 5.91 Å². The van der Waals surface area contributed by atoms with Crippen LogP contribution in [-0.4, -0.2) is 17.4 Å². The first-order valence-electron chi connectivity index (χ1n) is 6.06. The van der Waals surface area contributed by atoms with Crippen LogP contribution in [0.2, 0.25) is 5.02 Å². The van der Waals surface area contributed by atoms with Crippen molar-refractivity contribution in [3.05, 3.63) is 51.6 Å². The molecule has 0 aliphatic rings. The molecular weight excluding hydrogens is 342 g/mol. The highest BCUT2D eigenvalue weighted by atomic mass is 79.9. The fourth-order valence-electron chi connectivity index (χ4n) is 1.60. The average Bonchev–Trinajstić information content (AvgIpc) is 2.44. The summed E-state index contributed by atoms with van der Waals surface area (Å²) in [6.07, 6.45) is 1.53. The first-order chi connectivity index (χ1) is 9.60. The Morgan fingerprint density at radius 2 is 2.15 bits per heavy atom. The number of benzene rings is 1. The maximum atomic E-state index is 12.1. The standard InChI is InChI=1S/C14H13BrClN3O/c1-2-17-13-6-3-9(8-18-13)14(20)19-12-7-10(16)4-5-11(12)15/h3-8H,2H2,1H3,(H,17,18)(H,19,20). The van der Waals surface area contributed by atoms with Crippen molar-refractivity contribution in [1.29, 1.82) is 0 Å². The third kappa shape index (κ3) is 3.71. The van der Waals surface area contributed by atoms with E-state index in [1.54, 1.807) is 30.3 Å². The first-order valence-corrected chi connectivity index (χ1v) is 7.23. The minimum absolute atomic E-state index is 0.233. The van der Waals surface area contributed by atoms with Crippen LogP contribution in [0.1, 0.15) is 17.3 Å². The highest BCUT2D eigenvalue weighted by molar-refractivity contribution is 9.10. The predicted octanol–water partition coefficient (Wildman–Crippen LogP) is 4.18. The molecule has 2 rings (SSSR count). The molecule has 0 bridgehead atoms. The molecule has 0 aliphatic carbocycles. The number of nitrogens with one attached hydrogen (secondary N) is 2. The van der Waals surface area contributed by atoms with Crippen LogP contribution >= 0.6 is 27.5 Å². The minimum atomic E-state index is -0.233. The second kappa shape index (κ2) is 6.72. The summed E-state index contributed by atoms with van der Waals surface area (Å²) in [5.41, 5.74) is 1.11. The van der Waals surface area contributed by atoms with E-state index in [1.807, 2.05) is 6.92 Å². The number of carbonyl (C=O) groups excluding carboxylic acids is 1. The summed E-state index contributed by atoms with van der Waals surface area (Å²) in [4.78, 5) is 16.3. The van der Waals surface area contributed by atoms with Crippen molar-refractivity contribution in [3.8, 4) is 0 Å². The summed E-state index contributed by atoms with van der Waals surface area (Å²) in [6.45, 7) is 2.77. The van der Waals surface area contributed by atoms with Crippen molar-refractivity contribution in [2.24, 2.45) is 0 Å². The van der Waals surface area contributed by atoms with Gasteiger partial charge in [-0.1, -0.05) is 11.6 Å². The van der Waals surface area contributed by atoms with E-state index in [0.717, 1.165) is 16.8 Å². The largest absolute Gasteiger partial charge is 0.370 e. The van der Waals surface area contributed by atoms with Crippen LogP contribution in [0.4, 0.5) is 11.5 Å². The van der Waals surface area contributed by atoms with Gasteiger partial charge in [-0.15, -0.1) is 0 Å². The van der Waals surface area contributed by atoms with E-state index in [2.05, 4.69) is 31.5 Å². The third-order valence-corrected chi connectivity index (χ3v) is 3.49.